The van der Waals surface area contributed by atoms with Crippen molar-refractivity contribution in [2.75, 3.05) is 13.2 Å². The number of nitriles is 1. The van der Waals surface area contributed by atoms with Gasteiger partial charge in [-0.15, -0.1) is 0 Å². The van der Waals surface area contributed by atoms with E-state index in [-0.39, 0.29) is 12.0 Å². The first kappa shape index (κ1) is 11.7. The second-order valence-corrected chi connectivity index (χ2v) is 9.22. The molecule has 2 unspecified atom stereocenters. The van der Waals surface area contributed by atoms with E-state index in [1.807, 2.05) is 0 Å². The van der Waals surface area contributed by atoms with Gasteiger partial charge in [0.05, 0.1) is 12.7 Å². The second kappa shape index (κ2) is 4.92. The van der Waals surface area contributed by atoms with Crippen LogP contribution in [0.4, 0.5) is 0 Å². The molecule has 0 radical (unpaired) electrons. The third kappa shape index (κ3) is 3.78. The Morgan fingerprint density at radius 1 is 1.50 bits per heavy atom. The minimum atomic E-state index is -1.60. The van der Waals surface area contributed by atoms with Crippen molar-refractivity contribution in [1.82, 2.24) is 0 Å². The predicted molar refractivity (Wildman–Crippen MR) is 57.4 cm³/mol. The number of nitrogens with zero attached hydrogens (tertiary/aromatic N) is 1. The first-order valence-electron chi connectivity index (χ1n) is 5.18. The first-order chi connectivity index (χ1) is 6.53. The van der Waals surface area contributed by atoms with E-state index in [1.54, 1.807) is 0 Å². The molecule has 0 aromatic heterocycles. The number of hydrogen-bond acceptors (Lipinski definition) is 3. The van der Waals surface area contributed by atoms with Crippen molar-refractivity contribution >= 4 is 8.32 Å². The van der Waals surface area contributed by atoms with Gasteiger partial charge >= 0.3 is 0 Å². The van der Waals surface area contributed by atoms with Crippen LogP contribution in [-0.2, 0) is 9.16 Å². The smallest absolute Gasteiger partial charge is 0.185 e. The molecule has 0 aliphatic carbocycles. The van der Waals surface area contributed by atoms with E-state index in [9.17, 15) is 0 Å². The Balaban J connectivity index is 2.49. The zero-order valence-electron chi connectivity index (χ0n) is 9.25. The topological polar surface area (TPSA) is 42.2 Å². The first-order valence-corrected chi connectivity index (χ1v) is 8.59. The maximum absolute atomic E-state index is 9.03. The normalized spacial score (nSPS) is 25.4. The molecule has 1 heterocycles. The molecule has 0 spiro atoms. The van der Waals surface area contributed by atoms with Crippen LogP contribution in [0.2, 0.25) is 19.6 Å². The molecule has 0 saturated carbocycles. The van der Waals surface area contributed by atoms with Crippen molar-refractivity contribution in [1.29, 1.82) is 5.26 Å². The summed E-state index contributed by atoms with van der Waals surface area (Å²) in [7, 11) is -1.60. The van der Waals surface area contributed by atoms with Crippen LogP contribution in [-0.4, -0.2) is 27.6 Å². The second-order valence-electron chi connectivity index (χ2n) is 4.76. The fraction of sp³-hybridized carbons (Fsp3) is 0.900. The van der Waals surface area contributed by atoms with Crippen molar-refractivity contribution in [3.8, 4) is 6.07 Å². The minimum Gasteiger partial charge on any atom is -0.402 e. The molecule has 0 aromatic carbocycles. The summed E-state index contributed by atoms with van der Waals surface area (Å²) in [5, 5.41) is 9.03. The van der Waals surface area contributed by atoms with Gasteiger partial charge in [0, 0.05) is 12.5 Å². The third-order valence-electron chi connectivity index (χ3n) is 2.23. The molecule has 3 nitrogen and oxygen atoms in total. The zero-order chi connectivity index (χ0) is 10.6. The highest BCUT2D eigenvalue weighted by molar-refractivity contribution is 6.69. The lowest BCUT2D eigenvalue weighted by atomic mass is 9.97. The molecule has 1 fully saturated rings. The van der Waals surface area contributed by atoms with Gasteiger partial charge in [0.2, 0.25) is 0 Å². The van der Waals surface area contributed by atoms with Gasteiger partial charge in [0.15, 0.2) is 8.32 Å². The largest absolute Gasteiger partial charge is 0.402 e. The van der Waals surface area contributed by atoms with Gasteiger partial charge in [-0.25, -0.2) is 0 Å². The molecule has 0 bridgehead atoms. The van der Waals surface area contributed by atoms with E-state index >= 15 is 0 Å². The van der Waals surface area contributed by atoms with Crippen molar-refractivity contribution in [2.24, 2.45) is 5.92 Å². The van der Waals surface area contributed by atoms with Crippen LogP contribution >= 0.6 is 0 Å². The summed E-state index contributed by atoms with van der Waals surface area (Å²) in [6.07, 6.45) is 1.85. The van der Waals surface area contributed by atoms with E-state index in [4.69, 9.17) is 14.4 Å². The van der Waals surface area contributed by atoms with E-state index in [1.165, 1.54) is 0 Å². The summed E-state index contributed by atoms with van der Waals surface area (Å²) in [4.78, 5) is 0. The summed E-state index contributed by atoms with van der Waals surface area (Å²) in [6, 6.07) is 2.26. The Labute approximate surface area is 87.1 Å². The van der Waals surface area contributed by atoms with Crippen LogP contribution in [0.3, 0.4) is 0 Å². The molecule has 80 valence electrons. The Kier molecular flexibility index (Phi) is 4.11. The van der Waals surface area contributed by atoms with Crippen LogP contribution in [0.5, 0.6) is 0 Å². The summed E-state index contributed by atoms with van der Waals surface area (Å²) >= 11 is 0. The van der Waals surface area contributed by atoms with Gasteiger partial charge in [-0.05, 0) is 32.5 Å². The zero-order valence-corrected chi connectivity index (χ0v) is 10.2. The van der Waals surface area contributed by atoms with Crippen molar-refractivity contribution < 1.29 is 9.16 Å². The van der Waals surface area contributed by atoms with Crippen molar-refractivity contribution in [3.05, 3.63) is 0 Å². The molecule has 2 atom stereocenters. The van der Waals surface area contributed by atoms with Gasteiger partial charge in [0.25, 0.3) is 0 Å². The van der Waals surface area contributed by atoms with Gasteiger partial charge in [-0.3, -0.25) is 0 Å². The highest BCUT2D eigenvalue weighted by atomic mass is 28.4. The highest BCUT2D eigenvalue weighted by Crippen LogP contribution is 2.22. The van der Waals surface area contributed by atoms with Crippen LogP contribution in [0, 0.1) is 17.2 Å². The van der Waals surface area contributed by atoms with E-state index in [2.05, 4.69) is 25.7 Å². The Morgan fingerprint density at radius 3 is 2.64 bits per heavy atom. The lowest BCUT2D eigenvalue weighted by Gasteiger charge is -2.30. The monoisotopic (exact) mass is 213 g/mol. The van der Waals surface area contributed by atoms with E-state index in [0.717, 1.165) is 19.4 Å². The fourth-order valence-electron chi connectivity index (χ4n) is 1.61. The average Bonchev–Trinajstić information content (AvgIpc) is 2.14. The minimum absolute atomic E-state index is 0.262. The molecule has 1 aliphatic rings. The van der Waals surface area contributed by atoms with Crippen LogP contribution < -0.4 is 0 Å². The molecular weight excluding hydrogens is 194 g/mol. The van der Waals surface area contributed by atoms with Gasteiger partial charge in [-0.2, -0.15) is 5.26 Å². The Hall–Kier alpha value is -0.373. The maximum Gasteiger partial charge on any atom is 0.185 e. The van der Waals surface area contributed by atoms with Crippen molar-refractivity contribution in [3.63, 3.8) is 0 Å². The molecule has 14 heavy (non-hydrogen) atoms. The maximum atomic E-state index is 9.03. The number of ether oxygens (including phenoxy) is 1. The van der Waals surface area contributed by atoms with E-state index in [0.29, 0.717) is 6.61 Å². The Bertz CT molecular complexity index is 213. The average molecular weight is 213 g/mol. The summed E-state index contributed by atoms with van der Waals surface area (Å²) < 4.78 is 11.2. The predicted octanol–water partition coefficient (Wildman–Crippen LogP) is 2.16. The molecular formula is C10H19NO2Si. The molecule has 1 rings (SSSR count). The quantitative estimate of drug-likeness (QED) is 0.675. The fourth-order valence-corrected chi connectivity index (χ4v) is 2.62. The summed E-state index contributed by atoms with van der Waals surface area (Å²) in [5.41, 5.74) is 0. The van der Waals surface area contributed by atoms with Gasteiger partial charge in [0.1, 0.15) is 6.10 Å². The van der Waals surface area contributed by atoms with Crippen LogP contribution in [0.1, 0.15) is 12.8 Å². The third-order valence-corrected chi connectivity index (χ3v) is 3.19. The molecule has 1 aliphatic heterocycles. The number of hydrogen-bond donors (Lipinski definition) is 0. The molecule has 1 saturated heterocycles. The SMILES string of the molecule is C[Si](C)(C)OC(C#N)C1CCCOC1. The molecule has 0 amide bonds. The number of rotatable bonds is 3. The molecule has 0 N–H and O–H groups in total. The Morgan fingerprint density at radius 2 is 2.21 bits per heavy atom. The summed E-state index contributed by atoms with van der Waals surface area (Å²) in [6.45, 7) is 7.85. The lowest BCUT2D eigenvalue weighted by molar-refractivity contribution is 0.0156. The van der Waals surface area contributed by atoms with Gasteiger partial charge in [-0.1, -0.05) is 0 Å². The molecule has 4 heteroatoms. The van der Waals surface area contributed by atoms with Gasteiger partial charge < -0.3 is 9.16 Å². The van der Waals surface area contributed by atoms with Crippen LogP contribution in [0.25, 0.3) is 0 Å². The lowest BCUT2D eigenvalue weighted by Crippen LogP contribution is -2.38. The van der Waals surface area contributed by atoms with Crippen molar-refractivity contribution in [2.45, 2.75) is 38.6 Å². The molecule has 0 aromatic rings. The standard InChI is InChI=1S/C10H19NO2Si/c1-14(2,3)13-10(7-11)9-5-4-6-12-8-9/h9-10H,4-6,8H2,1-3H3. The summed E-state index contributed by atoms with van der Waals surface area (Å²) in [5.74, 6) is 0.278. The van der Waals surface area contributed by atoms with E-state index < -0.39 is 8.32 Å². The van der Waals surface area contributed by atoms with Crippen LogP contribution in [0.15, 0.2) is 0 Å². The highest BCUT2D eigenvalue weighted by Gasteiger charge is 2.29.